The number of hydrogen-bond acceptors (Lipinski definition) is 5. The Labute approximate surface area is 209 Å². The Morgan fingerprint density at radius 3 is 2.67 bits per heavy atom. The summed E-state index contributed by atoms with van der Waals surface area (Å²) in [6.07, 6.45) is 0.561. The van der Waals surface area contributed by atoms with Gasteiger partial charge in [0.15, 0.2) is 5.96 Å². The number of benzene rings is 2. The highest BCUT2D eigenvalue weighted by atomic mass is 19.1. The first-order valence-electron chi connectivity index (χ1n) is 12.2. The Kier molecular flexibility index (Phi) is 5.59. The van der Waals surface area contributed by atoms with Gasteiger partial charge in [-0.2, -0.15) is 0 Å². The maximum atomic E-state index is 14.0. The van der Waals surface area contributed by atoms with Gasteiger partial charge in [0.1, 0.15) is 23.3 Å². The lowest BCUT2D eigenvalue weighted by Gasteiger charge is -2.42. The van der Waals surface area contributed by atoms with E-state index in [1.807, 2.05) is 19.9 Å². The number of carbonyl (C=O) groups excluding carboxylic acids is 2. The van der Waals surface area contributed by atoms with Crippen LogP contribution in [0.3, 0.4) is 0 Å². The molecule has 3 aliphatic rings. The molecule has 36 heavy (non-hydrogen) atoms. The summed E-state index contributed by atoms with van der Waals surface area (Å²) < 4.78 is 19.9. The zero-order valence-corrected chi connectivity index (χ0v) is 20.8. The lowest BCUT2D eigenvalue weighted by molar-refractivity contribution is -0.132. The van der Waals surface area contributed by atoms with Gasteiger partial charge in [-0.25, -0.2) is 4.39 Å². The van der Waals surface area contributed by atoms with Gasteiger partial charge in [-0.1, -0.05) is 6.07 Å². The first kappa shape index (κ1) is 24.2. The highest BCUT2D eigenvalue weighted by Gasteiger charge is 2.44. The van der Waals surface area contributed by atoms with Gasteiger partial charge in [-0.3, -0.25) is 19.9 Å². The highest BCUT2D eigenvalue weighted by molar-refractivity contribution is 6.00. The van der Waals surface area contributed by atoms with Crippen LogP contribution in [0.4, 0.5) is 4.39 Å². The predicted molar refractivity (Wildman–Crippen MR) is 131 cm³/mol. The SMILES string of the molecule is CC1(C)CC(=O)N([C@@H]2CCc3ccc(C(=O)N[C@@H]4c5cc(F)ccc5OC(C)(C)[C@H]4O)cc32)C(=N)N1. The first-order valence-corrected chi connectivity index (χ1v) is 12.2. The van der Waals surface area contributed by atoms with Crippen LogP contribution in [0.25, 0.3) is 0 Å². The third-order valence-electron chi connectivity index (χ3n) is 7.32. The Hall–Kier alpha value is -3.46. The summed E-state index contributed by atoms with van der Waals surface area (Å²) in [5.41, 5.74) is 1.11. The van der Waals surface area contributed by atoms with Crippen LogP contribution in [0.2, 0.25) is 0 Å². The molecule has 1 saturated heterocycles. The van der Waals surface area contributed by atoms with Crippen molar-refractivity contribution in [1.29, 1.82) is 5.41 Å². The van der Waals surface area contributed by atoms with E-state index in [4.69, 9.17) is 10.1 Å². The van der Waals surface area contributed by atoms with Crippen LogP contribution in [-0.4, -0.2) is 45.0 Å². The third kappa shape index (κ3) is 4.11. The third-order valence-corrected chi connectivity index (χ3v) is 7.32. The Morgan fingerprint density at radius 2 is 1.94 bits per heavy atom. The van der Waals surface area contributed by atoms with Crippen LogP contribution in [0.5, 0.6) is 5.75 Å². The zero-order chi connectivity index (χ0) is 26.0. The summed E-state index contributed by atoms with van der Waals surface area (Å²) in [7, 11) is 0. The van der Waals surface area contributed by atoms with Gasteiger partial charge < -0.3 is 20.5 Å². The van der Waals surface area contributed by atoms with Crippen molar-refractivity contribution in [1.82, 2.24) is 15.5 Å². The molecular weight excluding hydrogens is 463 g/mol. The van der Waals surface area contributed by atoms with E-state index in [9.17, 15) is 19.1 Å². The smallest absolute Gasteiger partial charge is 0.251 e. The minimum Gasteiger partial charge on any atom is -0.485 e. The van der Waals surface area contributed by atoms with Gasteiger partial charge in [0, 0.05) is 23.1 Å². The van der Waals surface area contributed by atoms with E-state index in [-0.39, 0.29) is 24.3 Å². The molecule has 0 aromatic heterocycles. The van der Waals surface area contributed by atoms with Crippen molar-refractivity contribution in [3.63, 3.8) is 0 Å². The van der Waals surface area contributed by atoms with E-state index in [1.165, 1.54) is 23.1 Å². The molecule has 1 fully saturated rings. The Balaban J connectivity index is 1.43. The summed E-state index contributed by atoms with van der Waals surface area (Å²) in [5, 5.41) is 25.4. The number of carbonyl (C=O) groups is 2. The van der Waals surface area contributed by atoms with E-state index in [2.05, 4.69) is 10.6 Å². The van der Waals surface area contributed by atoms with E-state index in [0.29, 0.717) is 23.3 Å². The lowest BCUT2D eigenvalue weighted by atomic mass is 9.86. The minimum absolute atomic E-state index is 0.0650. The number of halogens is 1. The molecule has 2 aromatic carbocycles. The van der Waals surface area contributed by atoms with Crippen LogP contribution in [0, 0.1) is 11.2 Å². The predicted octanol–water partition coefficient (Wildman–Crippen LogP) is 3.35. The molecule has 190 valence electrons. The van der Waals surface area contributed by atoms with Crippen molar-refractivity contribution in [2.75, 3.05) is 0 Å². The highest BCUT2D eigenvalue weighted by Crippen LogP contribution is 2.41. The van der Waals surface area contributed by atoms with Crippen molar-refractivity contribution < 1.29 is 23.8 Å². The van der Waals surface area contributed by atoms with Crippen molar-refractivity contribution in [2.24, 2.45) is 0 Å². The number of nitrogens with one attached hydrogen (secondary N) is 3. The number of ether oxygens (including phenoxy) is 1. The molecule has 4 N–H and O–H groups in total. The van der Waals surface area contributed by atoms with Gasteiger partial charge in [0.25, 0.3) is 5.91 Å². The zero-order valence-electron chi connectivity index (χ0n) is 20.8. The number of fused-ring (bicyclic) bond motifs is 2. The second-order valence-electron chi connectivity index (χ2n) is 11.0. The molecule has 0 spiro atoms. The van der Waals surface area contributed by atoms with E-state index >= 15 is 0 Å². The number of aliphatic hydroxyl groups is 1. The molecule has 2 heterocycles. The molecule has 0 saturated carbocycles. The maximum Gasteiger partial charge on any atom is 0.251 e. The molecular formula is C27H31FN4O4. The molecule has 1 aliphatic carbocycles. The monoisotopic (exact) mass is 494 g/mol. The van der Waals surface area contributed by atoms with Crippen molar-refractivity contribution >= 4 is 17.8 Å². The average molecular weight is 495 g/mol. The summed E-state index contributed by atoms with van der Waals surface area (Å²) in [5.74, 6) is -0.574. The van der Waals surface area contributed by atoms with Crippen LogP contribution in [0.15, 0.2) is 36.4 Å². The van der Waals surface area contributed by atoms with E-state index in [1.54, 1.807) is 26.0 Å². The van der Waals surface area contributed by atoms with Gasteiger partial charge >= 0.3 is 0 Å². The molecule has 8 nitrogen and oxygen atoms in total. The summed E-state index contributed by atoms with van der Waals surface area (Å²) >= 11 is 0. The molecule has 0 unspecified atom stereocenters. The molecule has 0 bridgehead atoms. The molecule has 9 heteroatoms. The summed E-state index contributed by atoms with van der Waals surface area (Å²) in [6, 6.07) is 8.17. The van der Waals surface area contributed by atoms with Crippen LogP contribution >= 0.6 is 0 Å². The number of guanidine groups is 1. The molecule has 2 aliphatic heterocycles. The largest absolute Gasteiger partial charge is 0.485 e. The molecule has 3 atom stereocenters. The van der Waals surface area contributed by atoms with Crippen molar-refractivity contribution in [3.05, 3.63) is 64.5 Å². The number of nitrogens with zero attached hydrogens (tertiary/aromatic N) is 1. The van der Waals surface area contributed by atoms with E-state index < -0.39 is 35.0 Å². The van der Waals surface area contributed by atoms with Gasteiger partial charge in [-0.15, -0.1) is 0 Å². The summed E-state index contributed by atoms with van der Waals surface area (Å²) in [4.78, 5) is 27.8. The van der Waals surface area contributed by atoms with Gasteiger partial charge in [-0.05, 0) is 82.0 Å². The molecule has 2 aromatic rings. The normalized spacial score (nSPS) is 25.9. The molecule has 2 amide bonds. The van der Waals surface area contributed by atoms with E-state index in [0.717, 1.165) is 17.5 Å². The van der Waals surface area contributed by atoms with Crippen molar-refractivity contribution in [2.45, 2.75) is 76.3 Å². The maximum absolute atomic E-state index is 14.0. The molecule has 5 rings (SSSR count). The van der Waals surface area contributed by atoms with Crippen LogP contribution < -0.4 is 15.4 Å². The molecule has 0 radical (unpaired) electrons. The topological polar surface area (TPSA) is 115 Å². The number of aliphatic hydroxyl groups excluding tert-OH is 1. The fourth-order valence-electron chi connectivity index (χ4n) is 5.48. The second kappa shape index (κ2) is 8.30. The van der Waals surface area contributed by atoms with Gasteiger partial charge in [0.2, 0.25) is 5.91 Å². The standard InChI is InChI=1S/C27H31FN4O4/c1-26(2)13-21(33)32(25(29)31-26)19-9-7-14-5-6-15(11-17(14)19)24(35)30-22-18-12-16(28)8-10-20(18)36-27(3,4)23(22)34/h5-6,8,10-12,19,22-23,34H,7,9,13H2,1-4H3,(H2,29,31)(H,30,35)/t19-,22-,23+/m1/s1. The number of amides is 2. The number of hydrogen-bond donors (Lipinski definition) is 4. The lowest BCUT2D eigenvalue weighted by Crippen LogP contribution is -2.60. The average Bonchev–Trinajstić information content (AvgIpc) is 3.19. The fraction of sp³-hybridized carbons (Fsp3) is 0.444. The Bertz CT molecular complexity index is 1250. The van der Waals surface area contributed by atoms with Crippen LogP contribution in [0.1, 0.15) is 79.7 Å². The number of rotatable bonds is 3. The minimum atomic E-state index is -1.11. The Morgan fingerprint density at radius 1 is 1.19 bits per heavy atom. The van der Waals surface area contributed by atoms with Crippen molar-refractivity contribution in [3.8, 4) is 5.75 Å². The van der Waals surface area contributed by atoms with Gasteiger partial charge in [0.05, 0.1) is 12.1 Å². The quantitative estimate of drug-likeness (QED) is 0.523. The second-order valence-corrected chi connectivity index (χ2v) is 11.0. The van der Waals surface area contributed by atoms with Crippen LogP contribution in [-0.2, 0) is 11.2 Å². The first-order chi connectivity index (χ1) is 16.9. The fourth-order valence-corrected chi connectivity index (χ4v) is 5.48. The summed E-state index contributed by atoms with van der Waals surface area (Å²) in [6.45, 7) is 7.20. The number of aryl methyl sites for hydroxylation is 1.